The van der Waals surface area contributed by atoms with Crippen LogP contribution >= 0.6 is 11.3 Å². The number of H-pyrrole nitrogens is 1. The summed E-state index contributed by atoms with van der Waals surface area (Å²) in [5.74, 6) is 0. The molecule has 0 aliphatic heterocycles. The fourth-order valence-corrected chi connectivity index (χ4v) is 3.24. The molecule has 1 atom stereocenters. The molecule has 0 spiro atoms. The topological polar surface area (TPSA) is 27.8 Å². The van der Waals surface area contributed by atoms with Crippen molar-refractivity contribution in [3.8, 4) is 0 Å². The van der Waals surface area contributed by atoms with Gasteiger partial charge in [0.15, 0.2) is 0 Å². The van der Waals surface area contributed by atoms with Crippen LogP contribution in [0.1, 0.15) is 29.6 Å². The predicted molar refractivity (Wildman–Crippen MR) is 84.0 cm³/mol. The first-order chi connectivity index (χ1) is 9.26. The molecule has 2 N–H and O–H groups in total. The molecule has 3 heteroatoms. The van der Waals surface area contributed by atoms with E-state index in [1.54, 1.807) is 0 Å². The highest BCUT2D eigenvalue weighted by Crippen LogP contribution is 2.27. The maximum absolute atomic E-state index is 3.57. The Morgan fingerprint density at radius 1 is 1.21 bits per heavy atom. The molecule has 19 heavy (non-hydrogen) atoms. The van der Waals surface area contributed by atoms with Crippen LogP contribution in [-0.4, -0.2) is 4.98 Å². The van der Waals surface area contributed by atoms with Crippen molar-refractivity contribution < 1.29 is 0 Å². The van der Waals surface area contributed by atoms with Gasteiger partial charge in [0.2, 0.25) is 0 Å². The van der Waals surface area contributed by atoms with Gasteiger partial charge in [0.1, 0.15) is 0 Å². The highest BCUT2D eigenvalue weighted by atomic mass is 32.1. The van der Waals surface area contributed by atoms with Gasteiger partial charge in [0.05, 0.1) is 6.04 Å². The Bertz CT molecular complexity index is 681. The van der Waals surface area contributed by atoms with E-state index in [9.17, 15) is 0 Å². The number of rotatable bonds is 4. The van der Waals surface area contributed by atoms with Crippen LogP contribution in [-0.2, 0) is 6.42 Å². The van der Waals surface area contributed by atoms with E-state index in [2.05, 4.69) is 60.5 Å². The van der Waals surface area contributed by atoms with Gasteiger partial charge < -0.3 is 10.3 Å². The normalized spacial score (nSPS) is 12.7. The summed E-state index contributed by atoms with van der Waals surface area (Å²) >= 11 is 1.90. The second kappa shape index (κ2) is 5.10. The Kier molecular flexibility index (Phi) is 3.30. The minimum absolute atomic E-state index is 0.349. The van der Waals surface area contributed by atoms with Gasteiger partial charge in [-0.2, -0.15) is 0 Å². The van der Waals surface area contributed by atoms with Crippen molar-refractivity contribution in [2.75, 3.05) is 5.32 Å². The van der Waals surface area contributed by atoms with E-state index in [-0.39, 0.29) is 0 Å². The molecule has 1 aromatic carbocycles. The van der Waals surface area contributed by atoms with Crippen LogP contribution < -0.4 is 5.32 Å². The summed E-state index contributed by atoms with van der Waals surface area (Å²) in [5, 5.41) is 4.82. The Hall–Kier alpha value is -1.74. The highest BCUT2D eigenvalue weighted by Gasteiger charge is 2.08. The first kappa shape index (κ1) is 12.3. The average molecular weight is 270 g/mol. The first-order valence-electron chi connectivity index (χ1n) is 6.68. The summed E-state index contributed by atoms with van der Waals surface area (Å²) in [7, 11) is 0. The van der Waals surface area contributed by atoms with E-state index in [1.165, 1.54) is 26.3 Å². The zero-order valence-corrected chi connectivity index (χ0v) is 12.1. The molecule has 0 aliphatic carbocycles. The van der Waals surface area contributed by atoms with E-state index >= 15 is 0 Å². The lowest BCUT2D eigenvalue weighted by Crippen LogP contribution is -2.04. The van der Waals surface area contributed by atoms with Crippen molar-refractivity contribution in [2.24, 2.45) is 0 Å². The van der Waals surface area contributed by atoms with E-state index in [1.807, 2.05) is 17.5 Å². The summed E-state index contributed by atoms with van der Waals surface area (Å²) in [4.78, 5) is 6.06. The summed E-state index contributed by atoms with van der Waals surface area (Å²) in [5.41, 5.74) is 2.36. The molecule has 0 aliphatic rings. The average Bonchev–Trinajstić information content (AvgIpc) is 3.06. The van der Waals surface area contributed by atoms with Crippen LogP contribution in [0.2, 0.25) is 0 Å². The SMILES string of the molecule is CCc1ccc(C(C)Nc2ccc3[nH]ccc3c2)s1. The number of anilines is 1. The van der Waals surface area contributed by atoms with Crippen LogP contribution in [0.4, 0.5) is 5.69 Å². The molecule has 0 radical (unpaired) electrons. The van der Waals surface area contributed by atoms with Gasteiger partial charge in [0.25, 0.3) is 0 Å². The van der Waals surface area contributed by atoms with Gasteiger partial charge in [-0.25, -0.2) is 0 Å². The molecule has 3 aromatic rings. The molecule has 0 amide bonds. The molecular weight excluding hydrogens is 252 g/mol. The van der Waals surface area contributed by atoms with Crippen LogP contribution in [0.5, 0.6) is 0 Å². The van der Waals surface area contributed by atoms with Crippen molar-refractivity contribution in [1.29, 1.82) is 0 Å². The molecule has 1 unspecified atom stereocenters. The molecule has 2 heterocycles. The molecule has 98 valence electrons. The lowest BCUT2D eigenvalue weighted by atomic mass is 10.2. The lowest BCUT2D eigenvalue weighted by molar-refractivity contribution is 0.909. The van der Waals surface area contributed by atoms with Crippen LogP contribution in [0.25, 0.3) is 10.9 Å². The highest BCUT2D eigenvalue weighted by molar-refractivity contribution is 7.12. The summed E-state index contributed by atoms with van der Waals surface area (Å²) in [6.07, 6.45) is 3.09. The third-order valence-electron chi connectivity index (χ3n) is 3.39. The minimum atomic E-state index is 0.349. The first-order valence-corrected chi connectivity index (χ1v) is 7.50. The number of aromatic amines is 1. The summed E-state index contributed by atoms with van der Waals surface area (Å²) < 4.78 is 0. The molecule has 2 aromatic heterocycles. The molecule has 0 saturated heterocycles. The van der Waals surface area contributed by atoms with Gasteiger partial charge in [0, 0.05) is 32.5 Å². The molecule has 0 saturated carbocycles. The molecule has 0 fully saturated rings. The minimum Gasteiger partial charge on any atom is -0.378 e. The van der Waals surface area contributed by atoms with Crippen molar-refractivity contribution in [1.82, 2.24) is 4.98 Å². The predicted octanol–water partition coefficient (Wildman–Crippen LogP) is 4.96. The molecule has 0 bridgehead atoms. The standard InChI is InChI=1S/C16H18N2S/c1-3-14-5-7-16(19-14)11(2)18-13-4-6-15-12(10-13)8-9-17-15/h4-11,17-18H,3H2,1-2H3. The number of thiophene rings is 1. The van der Waals surface area contributed by atoms with Crippen molar-refractivity contribution in [3.63, 3.8) is 0 Å². The maximum Gasteiger partial charge on any atom is 0.0578 e. The number of aromatic nitrogens is 1. The quantitative estimate of drug-likeness (QED) is 0.688. The summed E-state index contributed by atoms with van der Waals surface area (Å²) in [6.45, 7) is 4.42. The Balaban J connectivity index is 1.79. The van der Waals surface area contributed by atoms with Crippen LogP contribution in [0.3, 0.4) is 0 Å². The van der Waals surface area contributed by atoms with Gasteiger partial charge >= 0.3 is 0 Å². The number of fused-ring (bicyclic) bond motifs is 1. The van der Waals surface area contributed by atoms with Gasteiger partial charge in [-0.3, -0.25) is 0 Å². The Morgan fingerprint density at radius 2 is 2.11 bits per heavy atom. The van der Waals surface area contributed by atoms with Crippen molar-refractivity contribution in [2.45, 2.75) is 26.3 Å². The van der Waals surface area contributed by atoms with Crippen molar-refractivity contribution >= 4 is 27.9 Å². The zero-order valence-electron chi connectivity index (χ0n) is 11.2. The second-order valence-corrected chi connectivity index (χ2v) is 6.00. The van der Waals surface area contributed by atoms with Crippen LogP contribution in [0, 0.1) is 0 Å². The van der Waals surface area contributed by atoms with Crippen molar-refractivity contribution in [3.05, 3.63) is 52.3 Å². The molecule has 3 rings (SSSR count). The number of benzene rings is 1. The van der Waals surface area contributed by atoms with E-state index in [4.69, 9.17) is 0 Å². The fourth-order valence-electron chi connectivity index (χ4n) is 2.28. The van der Waals surface area contributed by atoms with E-state index in [0.29, 0.717) is 6.04 Å². The smallest absolute Gasteiger partial charge is 0.0578 e. The zero-order chi connectivity index (χ0) is 13.2. The second-order valence-electron chi connectivity index (χ2n) is 4.80. The number of hydrogen-bond acceptors (Lipinski definition) is 2. The number of nitrogens with one attached hydrogen (secondary N) is 2. The summed E-state index contributed by atoms with van der Waals surface area (Å²) in [6, 6.07) is 13.4. The third-order valence-corrected chi connectivity index (χ3v) is 4.81. The van der Waals surface area contributed by atoms with Crippen LogP contribution in [0.15, 0.2) is 42.6 Å². The number of aryl methyl sites for hydroxylation is 1. The fraction of sp³-hybridized carbons (Fsp3) is 0.250. The largest absolute Gasteiger partial charge is 0.378 e. The van der Waals surface area contributed by atoms with Gasteiger partial charge in [-0.05, 0) is 49.7 Å². The van der Waals surface area contributed by atoms with Gasteiger partial charge in [-0.15, -0.1) is 11.3 Å². The van der Waals surface area contributed by atoms with E-state index in [0.717, 1.165) is 6.42 Å². The molecular formula is C16H18N2S. The maximum atomic E-state index is 3.57. The Morgan fingerprint density at radius 3 is 2.89 bits per heavy atom. The molecule has 2 nitrogen and oxygen atoms in total. The number of hydrogen-bond donors (Lipinski definition) is 2. The Labute approximate surface area is 117 Å². The lowest BCUT2D eigenvalue weighted by Gasteiger charge is -2.13. The van der Waals surface area contributed by atoms with E-state index < -0.39 is 0 Å². The monoisotopic (exact) mass is 270 g/mol. The van der Waals surface area contributed by atoms with Gasteiger partial charge in [-0.1, -0.05) is 6.92 Å². The third kappa shape index (κ3) is 2.51.